The lowest BCUT2D eigenvalue weighted by atomic mass is 10.1. The van der Waals surface area contributed by atoms with Crippen molar-refractivity contribution in [2.75, 3.05) is 7.11 Å². The molecule has 0 spiro atoms. The van der Waals surface area contributed by atoms with Gasteiger partial charge in [0.2, 0.25) is 0 Å². The molecule has 1 atom stereocenters. The first-order valence-corrected chi connectivity index (χ1v) is 10.7. The summed E-state index contributed by atoms with van der Waals surface area (Å²) in [4.78, 5) is 21.3. The van der Waals surface area contributed by atoms with Gasteiger partial charge < -0.3 is 14.8 Å². The van der Waals surface area contributed by atoms with Gasteiger partial charge in [-0.1, -0.05) is 36.4 Å². The van der Waals surface area contributed by atoms with E-state index < -0.39 is 0 Å². The Labute approximate surface area is 182 Å². The SMILES string of the molecule is COc1cc(C(C)NC(=O)c2cnc(-c3ccccc3)nc2)ccc1OC1CCCC1. The molecule has 1 unspecified atom stereocenters. The lowest BCUT2D eigenvalue weighted by Gasteiger charge is -2.19. The minimum absolute atomic E-state index is 0.212. The number of carbonyl (C=O) groups excluding carboxylic acids is 1. The molecule has 6 heteroatoms. The Bertz CT molecular complexity index is 1020. The maximum Gasteiger partial charge on any atom is 0.254 e. The third-order valence-corrected chi connectivity index (χ3v) is 5.58. The topological polar surface area (TPSA) is 73.3 Å². The molecule has 1 aliphatic rings. The zero-order chi connectivity index (χ0) is 21.6. The monoisotopic (exact) mass is 417 g/mol. The van der Waals surface area contributed by atoms with Crippen molar-refractivity contribution in [3.05, 3.63) is 72.1 Å². The Balaban J connectivity index is 1.42. The fourth-order valence-corrected chi connectivity index (χ4v) is 3.78. The van der Waals surface area contributed by atoms with Gasteiger partial charge in [0.25, 0.3) is 5.91 Å². The summed E-state index contributed by atoms with van der Waals surface area (Å²) in [6.07, 6.45) is 7.96. The highest BCUT2D eigenvalue weighted by Crippen LogP contribution is 2.33. The Morgan fingerprint density at radius 1 is 1.03 bits per heavy atom. The molecule has 1 aromatic heterocycles. The Morgan fingerprint density at radius 2 is 1.74 bits per heavy atom. The summed E-state index contributed by atoms with van der Waals surface area (Å²) in [6, 6.07) is 15.3. The Kier molecular flexibility index (Phi) is 6.46. The lowest BCUT2D eigenvalue weighted by Crippen LogP contribution is -2.27. The number of rotatable bonds is 7. The highest BCUT2D eigenvalue weighted by Gasteiger charge is 2.20. The summed E-state index contributed by atoms with van der Waals surface area (Å²) in [5.74, 6) is 1.80. The quantitative estimate of drug-likeness (QED) is 0.588. The third-order valence-electron chi connectivity index (χ3n) is 5.58. The van der Waals surface area contributed by atoms with E-state index >= 15 is 0 Å². The van der Waals surface area contributed by atoms with Crippen LogP contribution in [0.15, 0.2) is 60.9 Å². The van der Waals surface area contributed by atoms with E-state index in [0.717, 1.165) is 29.7 Å². The zero-order valence-corrected chi connectivity index (χ0v) is 17.9. The van der Waals surface area contributed by atoms with Crippen LogP contribution in [-0.4, -0.2) is 29.1 Å². The van der Waals surface area contributed by atoms with E-state index in [1.54, 1.807) is 19.5 Å². The van der Waals surface area contributed by atoms with Crippen LogP contribution in [0.2, 0.25) is 0 Å². The number of hydrogen-bond acceptors (Lipinski definition) is 5. The van der Waals surface area contributed by atoms with Crippen molar-refractivity contribution < 1.29 is 14.3 Å². The maximum atomic E-state index is 12.7. The van der Waals surface area contributed by atoms with Gasteiger partial charge in [0.1, 0.15) is 0 Å². The number of benzene rings is 2. The number of ether oxygens (including phenoxy) is 2. The average Bonchev–Trinajstić information content (AvgIpc) is 3.33. The van der Waals surface area contributed by atoms with Crippen molar-refractivity contribution in [2.24, 2.45) is 0 Å². The number of carbonyl (C=O) groups is 1. The van der Waals surface area contributed by atoms with E-state index in [2.05, 4.69) is 15.3 Å². The minimum atomic E-state index is -0.225. The number of aromatic nitrogens is 2. The zero-order valence-electron chi connectivity index (χ0n) is 17.9. The number of nitrogens with zero attached hydrogens (tertiary/aromatic N) is 2. The normalized spacial score (nSPS) is 14.8. The second-order valence-corrected chi connectivity index (χ2v) is 7.79. The number of methoxy groups -OCH3 is 1. The summed E-state index contributed by atoms with van der Waals surface area (Å²) in [6.45, 7) is 1.93. The molecule has 6 nitrogen and oxygen atoms in total. The summed E-state index contributed by atoms with van der Waals surface area (Å²) >= 11 is 0. The first kappa shape index (κ1) is 20.8. The molecule has 0 radical (unpaired) electrons. The van der Waals surface area contributed by atoms with E-state index in [-0.39, 0.29) is 18.1 Å². The maximum absolute atomic E-state index is 12.7. The van der Waals surface area contributed by atoms with Gasteiger partial charge in [0.05, 0.1) is 24.8 Å². The molecule has 31 heavy (non-hydrogen) atoms. The van der Waals surface area contributed by atoms with Crippen LogP contribution in [0, 0.1) is 0 Å². The predicted molar refractivity (Wildman–Crippen MR) is 119 cm³/mol. The molecule has 0 bridgehead atoms. The molecule has 4 rings (SSSR count). The van der Waals surface area contributed by atoms with Gasteiger partial charge in [-0.05, 0) is 50.3 Å². The number of amides is 1. The van der Waals surface area contributed by atoms with Crippen LogP contribution >= 0.6 is 0 Å². The largest absolute Gasteiger partial charge is 0.493 e. The molecule has 1 amide bonds. The molecule has 0 aliphatic heterocycles. The molecular formula is C25H27N3O3. The van der Waals surface area contributed by atoms with E-state index in [9.17, 15) is 4.79 Å². The fraction of sp³-hybridized carbons (Fsp3) is 0.320. The molecule has 3 aromatic rings. The second-order valence-electron chi connectivity index (χ2n) is 7.79. The van der Waals surface area contributed by atoms with Gasteiger partial charge in [0.15, 0.2) is 17.3 Å². The van der Waals surface area contributed by atoms with Crippen molar-refractivity contribution in [3.8, 4) is 22.9 Å². The van der Waals surface area contributed by atoms with Gasteiger partial charge >= 0.3 is 0 Å². The van der Waals surface area contributed by atoms with Crippen LogP contribution in [0.4, 0.5) is 0 Å². The highest BCUT2D eigenvalue weighted by atomic mass is 16.5. The predicted octanol–water partition coefficient (Wildman–Crippen LogP) is 4.96. The van der Waals surface area contributed by atoms with Gasteiger partial charge in [-0.3, -0.25) is 4.79 Å². The molecular weight excluding hydrogens is 390 g/mol. The summed E-state index contributed by atoms with van der Waals surface area (Å²) < 4.78 is 11.6. The number of nitrogens with one attached hydrogen (secondary N) is 1. The number of hydrogen-bond donors (Lipinski definition) is 1. The Hall–Kier alpha value is -3.41. The molecule has 1 saturated carbocycles. The molecule has 1 N–H and O–H groups in total. The standard InChI is InChI=1S/C25H27N3O3/c1-17(19-12-13-22(23(14-19)30-2)31-21-10-6-7-11-21)28-25(29)20-15-26-24(27-16-20)18-8-4-3-5-9-18/h3-5,8-9,12-17,21H,6-7,10-11H2,1-2H3,(H,28,29). The molecule has 0 saturated heterocycles. The van der Waals surface area contributed by atoms with Crippen molar-refractivity contribution >= 4 is 5.91 Å². The summed E-state index contributed by atoms with van der Waals surface area (Å²) in [7, 11) is 1.63. The van der Waals surface area contributed by atoms with Gasteiger partial charge in [0, 0.05) is 18.0 Å². The first-order valence-electron chi connectivity index (χ1n) is 10.7. The average molecular weight is 418 g/mol. The van der Waals surface area contributed by atoms with Crippen molar-refractivity contribution in [3.63, 3.8) is 0 Å². The van der Waals surface area contributed by atoms with Crippen LogP contribution in [0.5, 0.6) is 11.5 Å². The van der Waals surface area contributed by atoms with Crippen LogP contribution in [0.1, 0.15) is 54.6 Å². The van der Waals surface area contributed by atoms with E-state index in [1.807, 2.05) is 55.5 Å². The third kappa shape index (κ3) is 5.02. The van der Waals surface area contributed by atoms with Crippen molar-refractivity contribution in [1.29, 1.82) is 0 Å². The fourth-order valence-electron chi connectivity index (χ4n) is 3.78. The molecule has 1 heterocycles. The van der Waals surface area contributed by atoms with Crippen molar-refractivity contribution in [1.82, 2.24) is 15.3 Å². The summed E-state index contributed by atoms with van der Waals surface area (Å²) in [5, 5.41) is 3.00. The summed E-state index contributed by atoms with van der Waals surface area (Å²) in [5.41, 5.74) is 2.26. The second kappa shape index (κ2) is 9.60. The van der Waals surface area contributed by atoms with Crippen molar-refractivity contribution in [2.45, 2.75) is 44.8 Å². The molecule has 160 valence electrons. The molecule has 2 aromatic carbocycles. The molecule has 1 aliphatic carbocycles. The van der Waals surface area contributed by atoms with Crippen LogP contribution in [-0.2, 0) is 0 Å². The van der Waals surface area contributed by atoms with Gasteiger partial charge in [-0.2, -0.15) is 0 Å². The highest BCUT2D eigenvalue weighted by molar-refractivity contribution is 5.94. The van der Waals surface area contributed by atoms with E-state index in [1.165, 1.54) is 12.8 Å². The van der Waals surface area contributed by atoms with Gasteiger partial charge in [-0.15, -0.1) is 0 Å². The minimum Gasteiger partial charge on any atom is -0.493 e. The smallest absolute Gasteiger partial charge is 0.254 e. The van der Waals surface area contributed by atoms with E-state index in [4.69, 9.17) is 9.47 Å². The van der Waals surface area contributed by atoms with Crippen LogP contribution in [0.3, 0.4) is 0 Å². The Morgan fingerprint density at radius 3 is 2.42 bits per heavy atom. The van der Waals surface area contributed by atoms with Gasteiger partial charge in [-0.25, -0.2) is 9.97 Å². The van der Waals surface area contributed by atoms with E-state index in [0.29, 0.717) is 17.1 Å². The first-order chi connectivity index (χ1) is 15.1. The van der Waals surface area contributed by atoms with Crippen LogP contribution < -0.4 is 14.8 Å². The van der Waals surface area contributed by atoms with Crippen LogP contribution in [0.25, 0.3) is 11.4 Å². The molecule has 1 fully saturated rings. The lowest BCUT2D eigenvalue weighted by molar-refractivity contribution is 0.0939.